The minimum Gasteiger partial charge on any atom is -0.486 e. The molecule has 138 valence electrons. The Morgan fingerprint density at radius 1 is 1.24 bits per heavy atom. The molecule has 1 aromatic carbocycles. The Morgan fingerprint density at radius 2 is 2.04 bits per heavy atom. The molecule has 2 bridgehead atoms. The van der Waals surface area contributed by atoms with Crippen LogP contribution in [0, 0.1) is 5.92 Å². The number of hydrogen-bond acceptors (Lipinski definition) is 4. The summed E-state index contributed by atoms with van der Waals surface area (Å²) in [5, 5.41) is 0. The summed E-state index contributed by atoms with van der Waals surface area (Å²) >= 11 is 0. The molecule has 4 rings (SSSR count). The van der Waals surface area contributed by atoms with Crippen LogP contribution < -0.4 is 9.47 Å². The van der Waals surface area contributed by atoms with Crippen molar-refractivity contribution in [2.75, 3.05) is 26.2 Å². The highest BCUT2D eigenvalue weighted by atomic mass is 32.2. The van der Waals surface area contributed by atoms with Gasteiger partial charge in [-0.3, -0.25) is 0 Å². The number of para-hydroxylation sites is 2. The van der Waals surface area contributed by atoms with E-state index in [0.717, 1.165) is 25.0 Å². The van der Waals surface area contributed by atoms with Gasteiger partial charge in [0.15, 0.2) is 11.5 Å². The van der Waals surface area contributed by atoms with Crippen LogP contribution in [0.5, 0.6) is 11.5 Å². The normalized spacial score (nSPS) is 28.6. The van der Waals surface area contributed by atoms with E-state index in [0.29, 0.717) is 37.9 Å². The number of ether oxygens (including phenoxy) is 2. The predicted molar refractivity (Wildman–Crippen MR) is 95.0 cm³/mol. The molecule has 7 heteroatoms. The zero-order valence-electron chi connectivity index (χ0n) is 14.6. The molecule has 1 aliphatic carbocycles. The van der Waals surface area contributed by atoms with E-state index in [1.807, 2.05) is 31.2 Å². The number of hydrogen-bond donors (Lipinski definition) is 0. The Hall–Kier alpha value is -1.31. The van der Waals surface area contributed by atoms with Gasteiger partial charge >= 0.3 is 0 Å². The Labute approximate surface area is 149 Å². The van der Waals surface area contributed by atoms with Crippen LogP contribution in [0.3, 0.4) is 0 Å². The van der Waals surface area contributed by atoms with E-state index in [-0.39, 0.29) is 12.1 Å². The van der Waals surface area contributed by atoms with E-state index in [4.69, 9.17) is 9.47 Å². The molecule has 3 unspecified atom stereocenters. The van der Waals surface area contributed by atoms with Crippen LogP contribution in [0.4, 0.5) is 0 Å². The molecule has 3 aliphatic rings. The van der Waals surface area contributed by atoms with Gasteiger partial charge in [0.1, 0.15) is 12.7 Å². The third-order valence-corrected chi connectivity index (χ3v) is 7.45. The van der Waals surface area contributed by atoms with Crippen molar-refractivity contribution in [2.24, 2.45) is 5.92 Å². The second-order valence-electron chi connectivity index (χ2n) is 7.27. The molecule has 2 aliphatic heterocycles. The smallest absolute Gasteiger partial charge is 0.282 e. The van der Waals surface area contributed by atoms with Crippen LogP contribution in [0.15, 0.2) is 24.3 Å². The van der Waals surface area contributed by atoms with Crippen LogP contribution in [-0.4, -0.2) is 55.4 Å². The number of piperidine rings is 1. The summed E-state index contributed by atoms with van der Waals surface area (Å²) in [4.78, 5) is 0. The van der Waals surface area contributed by atoms with Gasteiger partial charge in [-0.1, -0.05) is 19.1 Å². The summed E-state index contributed by atoms with van der Waals surface area (Å²) in [6, 6.07) is 7.72. The number of rotatable bonds is 6. The Morgan fingerprint density at radius 3 is 2.72 bits per heavy atom. The summed E-state index contributed by atoms with van der Waals surface area (Å²) in [6.45, 7) is 3.90. The van der Waals surface area contributed by atoms with Crippen LogP contribution >= 0.6 is 0 Å². The summed E-state index contributed by atoms with van der Waals surface area (Å²) in [5.74, 6) is 1.96. The van der Waals surface area contributed by atoms with Gasteiger partial charge in [-0.05, 0) is 43.7 Å². The maximum absolute atomic E-state index is 13.2. The SMILES string of the molecule is CCCN(CC1COc2ccccc2O1)S(=O)(=O)N1CC2CCC1C2. The molecule has 1 saturated heterocycles. The first-order valence-electron chi connectivity index (χ1n) is 9.23. The molecule has 1 saturated carbocycles. The molecular weight excluding hydrogens is 340 g/mol. The first-order valence-corrected chi connectivity index (χ1v) is 10.6. The number of benzene rings is 1. The average Bonchev–Trinajstić information content (AvgIpc) is 3.25. The molecular formula is C18H26N2O4S. The quantitative estimate of drug-likeness (QED) is 0.775. The van der Waals surface area contributed by atoms with E-state index >= 15 is 0 Å². The van der Waals surface area contributed by atoms with E-state index in [1.54, 1.807) is 8.61 Å². The van der Waals surface area contributed by atoms with Gasteiger partial charge in [0, 0.05) is 19.1 Å². The van der Waals surface area contributed by atoms with Gasteiger partial charge in [-0.2, -0.15) is 17.0 Å². The van der Waals surface area contributed by atoms with Crippen molar-refractivity contribution in [3.63, 3.8) is 0 Å². The Bertz CT molecular complexity index is 724. The van der Waals surface area contributed by atoms with Gasteiger partial charge in [-0.15, -0.1) is 0 Å². The molecule has 0 radical (unpaired) electrons. The Kier molecular flexibility index (Phi) is 4.64. The standard InChI is InChI=1S/C18H26N2O4S/c1-2-9-19(25(21,22)20-11-14-7-8-15(20)10-14)12-16-13-23-17-5-3-4-6-18(17)24-16/h3-6,14-16H,2,7-13H2,1H3. The predicted octanol–water partition coefficient (Wildman–Crippen LogP) is 2.27. The highest BCUT2D eigenvalue weighted by molar-refractivity contribution is 7.86. The van der Waals surface area contributed by atoms with E-state index in [1.165, 1.54) is 6.42 Å². The highest BCUT2D eigenvalue weighted by Gasteiger charge is 2.46. The molecule has 2 fully saturated rings. The molecule has 0 amide bonds. The van der Waals surface area contributed by atoms with Crippen molar-refractivity contribution >= 4 is 10.2 Å². The lowest BCUT2D eigenvalue weighted by molar-refractivity contribution is 0.0747. The van der Waals surface area contributed by atoms with Crippen LogP contribution in [0.25, 0.3) is 0 Å². The molecule has 1 aromatic rings. The van der Waals surface area contributed by atoms with Gasteiger partial charge in [0.2, 0.25) is 0 Å². The minimum absolute atomic E-state index is 0.193. The van der Waals surface area contributed by atoms with Crippen LogP contribution in [0.2, 0.25) is 0 Å². The summed E-state index contributed by atoms with van der Waals surface area (Å²) in [5.41, 5.74) is 0. The van der Waals surface area contributed by atoms with Gasteiger partial charge in [0.05, 0.1) is 6.54 Å². The van der Waals surface area contributed by atoms with Crippen LogP contribution in [-0.2, 0) is 10.2 Å². The van der Waals surface area contributed by atoms with Crippen molar-refractivity contribution in [1.29, 1.82) is 0 Å². The van der Waals surface area contributed by atoms with Crippen LogP contribution in [0.1, 0.15) is 32.6 Å². The van der Waals surface area contributed by atoms with Crippen molar-refractivity contribution in [3.8, 4) is 11.5 Å². The van der Waals surface area contributed by atoms with Crippen molar-refractivity contribution in [3.05, 3.63) is 24.3 Å². The fourth-order valence-corrected chi connectivity index (χ4v) is 6.27. The first kappa shape index (κ1) is 17.1. The second-order valence-corrected chi connectivity index (χ2v) is 9.15. The fourth-order valence-electron chi connectivity index (χ4n) is 4.24. The summed E-state index contributed by atoms with van der Waals surface area (Å²) in [6.07, 6.45) is 3.69. The van der Waals surface area contributed by atoms with E-state index < -0.39 is 10.2 Å². The topological polar surface area (TPSA) is 59.1 Å². The molecule has 0 N–H and O–H groups in total. The summed E-state index contributed by atoms with van der Waals surface area (Å²) < 4.78 is 41.4. The molecule has 3 atom stereocenters. The minimum atomic E-state index is -3.44. The second kappa shape index (κ2) is 6.78. The van der Waals surface area contributed by atoms with E-state index in [2.05, 4.69) is 0 Å². The summed E-state index contributed by atoms with van der Waals surface area (Å²) in [7, 11) is -3.44. The maximum Gasteiger partial charge on any atom is 0.282 e. The number of nitrogens with zero attached hydrogens (tertiary/aromatic N) is 2. The monoisotopic (exact) mass is 366 g/mol. The third-order valence-electron chi connectivity index (χ3n) is 5.43. The fraction of sp³-hybridized carbons (Fsp3) is 0.667. The lowest BCUT2D eigenvalue weighted by Gasteiger charge is -2.35. The van der Waals surface area contributed by atoms with Gasteiger partial charge in [-0.25, -0.2) is 0 Å². The first-order chi connectivity index (χ1) is 12.1. The third kappa shape index (κ3) is 3.25. The highest BCUT2D eigenvalue weighted by Crippen LogP contribution is 2.40. The largest absolute Gasteiger partial charge is 0.486 e. The van der Waals surface area contributed by atoms with Crippen molar-refractivity contribution in [2.45, 2.75) is 44.8 Å². The maximum atomic E-state index is 13.2. The molecule has 6 nitrogen and oxygen atoms in total. The van der Waals surface area contributed by atoms with Crippen molar-refractivity contribution < 1.29 is 17.9 Å². The lowest BCUT2D eigenvalue weighted by atomic mass is 10.1. The van der Waals surface area contributed by atoms with E-state index in [9.17, 15) is 8.42 Å². The van der Waals surface area contributed by atoms with Crippen molar-refractivity contribution in [1.82, 2.24) is 8.61 Å². The molecule has 2 heterocycles. The number of fused-ring (bicyclic) bond motifs is 3. The zero-order valence-corrected chi connectivity index (χ0v) is 15.5. The lowest BCUT2D eigenvalue weighted by Crippen LogP contribution is -2.51. The molecule has 0 aromatic heterocycles. The van der Waals surface area contributed by atoms with Gasteiger partial charge < -0.3 is 9.47 Å². The van der Waals surface area contributed by atoms with Gasteiger partial charge in [0.25, 0.3) is 10.2 Å². The molecule has 25 heavy (non-hydrogen) atoms. The average molecular weight is 366 g/mol. The Balaban J connectivity index is 1.48. The zero-order chi connectivity index (χ0) is 17.4. The molecule has 0 spiro atoms.